The monoisotopic (exact) mass is 350 g/mol. The number of halogens is 3. The average molecular weight is 350 g/mol. The third-order valence-electron chi connectivity index (χ3n) is 4.19. The molecule has 1 aromatic rings. The van der Waals surface area contributed by atoms with Gasteiger partial charge in [-0.05, 0) is 33.8 Å². The van der Waals surface area contributed by atoms with Crippen LogP contribution in [0.2, 0.25) is 0 Å². The fourth-order valence-corrected chi connectivity index (χ4v) is 2.07. The lowest BCUT2D eigenvalue weighted by molar-refractivity contribution is 0.00578. The van der Waals surface area contributed by atoms with Gasteiger partial charge in [-0.1, -0.05) is 0 Å². The van der Waals surface area contributed by atoms with E-state index in [0.717, 1.165) is 6.07 Å². The molecule has 0 spiro atoms. The van der Waals surface area contributed by atoms with Gasteiger partial charge in [0.15, 0.2) is 17.5 Å². The molecule has 0 aromatic heterocycles. The minimum Gasteiger partial charge on any atom is -0.399 e. The number of rotatable bonds is 3. The first kappa shape index (κ1) is 18.8. The molecule has 0 unspecified atom stereocenters. The second-order valence-corrected chi connectivity index (χ2v) is 6.33. The fraction of sp³-hybridized carbons (Fsp3) is 0.400. The first-order valence-corrected chi connectivity index (χ1v) is 7.21. The molecule has 6 nitrogen and oxygen atoms in total. The minimum atomic E-state index is -1.73. The van der Waals surface area contributed by atoms with E-state index in [1.165, 1.54) is 12.1 Å². The van der Waals surface area contributed by atoms with E-state index in [0.29, 0.717) is 0 Å². The van der Waals surface area contributed by atoms with Crippen LogP contribution in [0.15, 0.2) is 11.2 Å². The number of nitrogens with zero attached hydrogens (tertiary/aromatic N) is 3. The van der Waals surface area contributed by atoms with E-state index in [2.05, 4.69) is 10.5 Å². The Kier molecular flexibility index (Phi) is 4.80. The zero-order chi connectivity index (χ0) is 19.0. The maximum Gasteiger partial charge on any atom is 0.497 e. The van der Waals surface area contributed by atoms with Gasteiger partial charge in [-0.3, -0.25) is 5.43 Å². The molecule has 1 heterocycles. The number of hydrogen-bond acceptors (Lipinski definition) is 6. The van der Waals surface area contributed by atoms with Gasteiger partial charge in [0.1, 0.15) is 12.1 Å². The summed E-state index contributed by atoms with van der Waals surface area (Å²) in [4.78, 5) is 0. The number of hydrazone groups is 1. The van der Waals surface area contributed by atoms with Crippen molar-refractivity contribution < 1.29 is 22.5 Å². The van der Waals surface area contributed by atoms with Crippen molar-refractivity contribution in [3.8, 4) is 12.1 Å². The van der Waals surface area contributed by atoms with Crippen molar-refractivity contribution in [2.24, 2.45) is 5.10 Å². The van der Waals surface area contributed by atoms with Crippen LogP contribution in [0.4, 0.5) is 18.9 Å². The fourth-order valence-electron chi connectivity index (χ4n) is 2.07. The Morgan fingerprint density at radius 2 is 1.60 bits per heavy atom. The highest BCUT2D eigenvalue weighted by molar-refractivity contribution is 6.64. The molecule has 0 amide bonds. The highest BCUT2D eigenvalue weighted by Crippen LogP contribution is 2.37. The predicted molar refractivity (Wildman–Crippen MR) is 84.3 cm³/mol. The van der Waals surface area contributed by atoms with E-state index < -0.39 is 47.2 Å². The zero-order valence-corrected chi connectivity index (χ0v) is 13.9. The van der Waals surface area contributed by atoms with E-state index in [-0.39, 0.29) is 5.46 Å². The van der Waals surface area contributed by atoms with Crippen LogP contribution < -0.4 is 10.9 Å². The van der Waals surface area contributed by atoms with Gasteiger partial charge >= 0.3 is 7.12 Å². The maximum absolute atomic E-state index is 14.2. The van der Waals surface area contributed by atoms with Crippen molar-refractivity contribution in [3.63, 3.8) is 0 Å². The van der Waals surface area contributed by atoms with Crippen LogP contribution in [0.25, 0.3) is 0 Å². The molecule has 0 saturated carbocycles. The van der Waals surface area contributed by atoms with Crippen LogP contribution in [-0.2, 0) is 9.31 Å². The van der Waals surface area contributed by atoms with Crippen LogP contribution in [0.1, 0.15) is 27.7 Å². The Morgan fingerprint density at radius 1 is 1.08 bits per heavy atom. The largest absolute Gasteiger partial charge is 0.497 e. The van der Waals surface area contributed by atoms with E-state index >= 15 is 0 Å². The van der Waals surface area contributed by atoms with Gasteiger partial charge in [0, 0.05) is 5.46 Å². The molecule has 10 heteroatoms. The minimum absolute atomic E-state index is 0.186. The van der Waals surface area contributed by atoms with Gasteiger partial charge in [-0.2, -0.15) is 15.6 Å². The summed E-state index contributed by atoms with van der Waals surface area (Å²) in [5.74, 6) is -4.73. The second-order valence-electron chi connectivity index (χ2n) is 6.33. The van der Waals surface area contributed by atoms with E-state index in [1.807, 2.05) is 0 Å². The Hall–Kier alpha value is -2.56. The lowest BCUT2D eigenvalue weighted by atomic mass is 9.77. The molecule has 1 N–H and O–H groups in total. The summed E-state index contributed by atoms with van der Waals surface area (Å²) < 4.78 is 52.9. The van der Waals surface area contributed by atoms with Crippen LogP contribution in [0, 0.1) is 40.1 Å². The topological polar surface area (TPSA) is 90.4 Å². The molecule has 25 heavy (non-hydrogen) atoms. The Labute approximate surface area is 143 Å². The van der Waals surface area contributed by atoms with Crippen molar-refractivity contribution in [3.05, 3.63) is 23.5 Å². The molecule has 0 bridgehead atoms. The first-order chi connectivity index (χ1) is 11.5. The molecule has 2 rings (SSSR count). The summed E-state index contributed by atoms with van der Waals surface area (Å²) in [6.45, 7) is 6.94. The molecular weight excluding hydrogens is 336 g/mol. The smallest absolute Gasteiger partial charge is 0.399 e. The molecule has 1 aliphatic rings. The molecule has 1 saturated heterocycles. The third-order valence-corrected chi connectivity index (χ3v) is 4.19. The van der Waals surface area contributed by atoms with Gasteiger partial charge in [0.2, 0.25) is 5.71 Å². The summed E-state index contributed by atoms with van der Waals surface area (Å²) in [5.41, 5.74) is -0.909. The van der Waals surface area contributed by atoms with Gasteiger partial charge < -0.3 is 9.31 Å². The standard InChI is InChI=1S/C15H14BF3N4O2/c1-14(2)15(3,4)25-16(24-14)9-5-10(17)11(18)12(19)13(9)23-22-8(6-20)7-21/h5,23H,1-4H3. The lowest BCUT2D eigenvalue weighted by Crippen LogP contribution is -2.41. The van der Waals surface area contributed by atoms with E-state index in [9.17, 15) is 13.2 Å². The number of benzene rings is 1. The molecule has 0 radical (unpaired) electrons. The van der Waals surface area contributed by atoms with Gasteiger partial charge in [-0.15, -0.1) is 0 Å². The number of hydrogen-bond donors (Lipinski definition) is 1. The molecule has 130 valence electrons. The lowest BCUT2D eigenvalue weighted by Gasteiger charge is -2.32. The average Bonchev–Trinajstić information content (AvgIpc) is 2.75. The van der Waals surface area contributed by atoms with Crippen molar-refractivity contribution >= 4 is 24.0 Å². The van der Waals surface area contributed by atoms with Crippen LogP contribution in [0.3, 0.4) is 0 Å². The molecular formula is C15H14BF3N4O2. The molecule has 1 aromatic carbocycles. The first-order valence-electron chi connectivity index (χ1n) is 7.21. The summed E-state index contributed by atoms with van der Waals surface area (Å²) in [7, 11) is -1.21. The summed E-state index contributed by atoms with van der Waals surface area (Å²) in [6.07, 6.45) is 0. The van der Waals surface area contributed by atoms with Gasteiger partial charge in [-0.25, -0.2) is 13.2 Å². The number of nitrogens with one attached hydrogen (secondary N) is 1. The number of nitriles is 2. The van der Waals surface area contributed by atoms with Crippen molar-refractivity contribution in [1.29, 1.82) is 10.5 Å². The van der Waals surface area contributed by atoms with E-state index in [4.69, 9.17) is 19.8 Å². The third kappa shape index (κ3) is 3.32. The number of anilines is 1. The maximum atomic E-state index is 14.2. The van der Waals surface area contributed by atoms with Crippen molar-refractivity contribution in [2.75, 3.05) is 5.43 Å². The summed E-state index contributed by atoms with van der Waals surface area (Å²) >= 11 is 0. The molecule has 0 atom stereocenters. The van der Waals surface area contributed by atoms with Crippen LogP contribution in [-0.4, -0.2) is 24.0 Å². The Morgan fingerprint density at radius 3 is 2.08 bits per heavy atom. The SMILES string of the molecule is CC1(C)OB(c2cc(F)c(F)c(F)c2NN=C(C#N)C#N)OC1(C)C. The normalized spacial score (nSPS) is 17.6. The van der Waals surface area contributed by atoms with Gasteiger partial charge in [0.05, 0.1) is 16.9 Å². The highest BCUT2D eigenvalue weighted by Gasteiger charge is 2.52. The summed E-state index contributed by atoms with van der Waals surface area (Å²) in [5, 5.41) is 20.7. The Balaban J connectivity index is 2.54. The quantitative estimate of drug-likeness (QED) is 0.391. The molecule has 1 aliphatic heterocycles. The zero-order valence-electron chi connectivity index (χ0n) is 13.9. The van der Waals surface area contributed by atoms with E-state index in [1.54, 1.807) is 27.7 Å². The van der Waals surface area contributed by atoms with Crippen molar-refractivity contribution in [1.82, 2.24) is 0 Å². The highest BCUT2D eigenvalue weighted by atomic mass is 19.2. The van der Waals surface area contributed by atoms with Gasteiger partial charge in [0.25, 0.3) is 0 Å². The molecule has 0 aliphatic carbocycles. The second kappa shape index (κ2) is 6.39. The van der Waals surface area contributed by atoms with Crippen molar-refractivity contribution in [2.45, 2.75) is 38.9 Å². The molecule has 1 fully saturated rings. The predicted octanol–water partition coefficient (Wildman–Crippen LogP) is 2.22. The van der Waals surface area contributed by atoms with Crippen LogP contribution >= 0.6 is 0 Å². The summed E-state index contributed by atoms with van der Waals surface area (Å²) in [6, 6.07) is 3.63. The Bertz CT molecular complexity index is 796. The van der Waals surface area contributed by atoms with Crippen LogP contribution in [0.5, 0.6) is 0 Å².